The van der Waals surface area contributed by atoms with Gasteiger partial charge in [-0.15, -0.1) is 11.8 Å². The van der Waals surface area contributed by atoms with Crippen LogP contribution in [-0.2, 0) is 0 Å². The van der Waals surface area contributed by atoms with Gasteiger partial charge in [0, 0.05) is 10.5 Å². The van der Waals surface area contributed by atoms with E-state index in [-0.39, 0.29) is 0 Å². The molecular weight excluding hydrogens is 272 g/mol. The van der Waals surface area contributed by atoms with Crippen LogP contribution < -0.4 is 0 Å². The van der Waals surface area contributed by atoms with Crippen LogP contribution in [0.25, 0.3) is 38.4 Å². The first-order valence-electron chi connectivity index (χ1n) is 7.44. The summed E-state index contributed by atoms with van der Waals surface area (Å²) < 4.78 is 0. The molecule has 1 heterocycles. The van der Waals surface area contributed by atoms with E-state index in [1.165, 1.54) is 37.9 Å². The summed E-state index contributed by atoms with van der Waals surface area (Å²) in [5, 5.41) is 9.87. The topological polar surface area (TPSA) is 0 Å². The molecule has 4 aromatic carbocycles. The van der Waals surface area contributed by atoms with Crippen LogP contribution in [0, 0.1) is 0 Å². The summed E-state index contributed by atoms with van der Waals surface area (Å²) in [5.74, 6) is 0. The van der Waals surface area contributed by atoms with Gasteiger partial charge < -0.3 is 0 Å². The predicted octanol–water partition coefficient (Wildman–Crippen LogP) is 5.77. The van der Waals surface area contributed by atoms with Crippen LogP contribution in [0.5, 0.6) is 0 Å². The van der Waals surface area contributed by atoms with Crippen molar-refractivity contribution < 1.29 is 0 Å². The predicted molar refractivity (Wildman–Crippen MR) is 93.3 cm³/mol. The smallest absolute Gasteiger partial charge is 0.0469 e. The Morgan fingerprint density at radius 2 is 1.62 bits per heavy atom. The second-order valence-corrected chi connectivity index (χ2v) is 7.44. The molecule has 0 spiro atoms. The lowest BCUT2D eigenvalue weighted by Crippen LogP contribution is -1.98. The SMILES string of the molecule is C1=C[C@@H]2S[C@@H]2c2c1cc1ccc3cccc4ccc2c1c34. The molecule has 0 nitrogen and oxygen atoms in total. The van der Waals surface area contributed by atoms with Gasteiger partial charge in [-0.2, -0.15) is 0 Å². The molecular formula is C20H12S. The zero-order valence-corrected chi connectivity index (χ0v) is 12.2. The molecule has 1 heteroatoms. The van der Waals surface area contributed by atoms with Gasteiger partial charge in [0.15, 0.2) is 0 Å². The van der Waals surface area contributed by atoms with Crippen molar-refractivity contribution in [1.82, 2.24) is 0 Å². The second kappa shape index (κ2) is 3.42. The van der Waals surface area contributed by atoms with E-state index in [9.17, 15) is 0 Å². The molecule has 0 N–H and O–H groups in total. The molecule has 2 aliphatic rings. The highest BCUT2D eigenvalue weighted by molar-refractivity contribution is 8.07. The largest absolute Gasteiger partial charge is 0.143 e. The number of hydrogen-bond acceptors (Lipinski definition) is 1. The molecule has 1 aliphatic carbocycles. The Kier molecular flexibility index (Phi) is 1.74. The maximum atomic E-state index is 2.38. The minimum absolute atomic E-state index is 0.689. The molecule has 1 aliphatic heterocycles. The van der Waals surface area contributed by atoms with Gasteiger partial charge in [-0.05, 0) is 49.5 Å². The van der Waals surface area contributed by atoms with Crippen LogP contribution in [0.15, 0.2) is 54.6 Å². The molecule has 0 bridgehead atoms. The van der Waals surface area contributed by atoms with Crippen molar-refractivity contribution in [3.8, 4) is 0 Å². The Balaban J connectivity index is 1.94. The molecule has 21 heavy (non-hydrogen) atoms. The Hall–Kier alpha value is -1.99. The van der Waals surface area contributed by atoms with Crippen LogP contribution in [0.4, 0.5) is 0 Å². The fourth-order valence-electron chi connectivity index (χ4n) is 4.01. The fraction of sp³-hybridized carbons (Fsp3) is 0.100. The van der Waals surface area contributed by atoms with Gasteiger partial charge in [0.1, 0.15) is 0 Å². The maximum Gasteiger partial charge on any atom is 0.0469 e. The van der Waals surface area contributed by atoms with Gasteiger partial charge in [-0.25, -0.2) is 0 Å². The number of thioether (sulfide) groups is 1. The van der Waals surface area contributed by atoms with Gasteiger partial charge in [0.05, 0.1) is 0 Å². The molecule has 4 aromatic rings. The molecule has 0 amide bonds. The minimum atomic E-state index is 0.689. The third-order valence-corrected chi connectivity index (χ3v) is 6.25. The molecule has 6 rings (SSSR count). The highest BCUT2D eigenvalue weighted by atomic mass is 32.2. The highest BCUT2D eigenvalue weighted by Gasteiger charge is 2.42. The van der Waals surface area contributed by atoms with Crippen molar-refractivity contribution in [2.24, 2.45) is 0 Å². The lowest BCUT2D eigenvalue weighted by atomic mass is 9.86. The Morgan fingerprint density at radius 1 is 0.810 bits per heavy atom. The van der Waals surface area contributed by atoms with Crippen LogP contribution in [-0.4, -0.2) is 5.25 Å². The molecule has 0 radical (unpaired) electrons. The van der Waals surface area contributed by atoms with Crippen LogP contribution >= 0.6 is 11.8 Å². The minimum Gasteiger partial charge on any atom is -0.143 e. The fourth-order valence-corrected chi connectivity index (χ4v) is 5.05. The maximum absolute atomic E-state index is 2.38. The second-order valence-electron chi connectivity index (χ2n) is 6.12. The average Bonchev–Trinajstić information content (AvgIpc) is 3.31. The molecule has 1 fully saturated rings. The van der Waals surface area contributed by atoms with Crippen LogP contribution in [0.1, 0.15) is 16.4 Å². The molecule has 2 atom stereocenters. The third kappa shape index (κ3) is 1.24. The van der Waals surface area contributed by atoms with E-state index < -0.39 is 0 Å². The standard InChI is InChI=1S/C20H12S/c1-2-11-4-5-13-10-14-7-9-16-20(21-16)19(14)15-8-6-12(3-1)17(11)18(13)15/h1-10,16,20H/t16-,20-/m0/s1. The van der Waals surface area contributed by atoms with E-state index in [0.29, 0.717) is 5.25 Å². The van der Waals surface area contributed by atoms with E-state index >= 15 is 0 Å². The summed E-state index contributed by atoms with van der Waals surface area (Å²) in [6, 6.07) is 18.2. The van der Waals surface area contributed by atoms with Crippen LogP contribution in [0.2, 0.25) is 0 Å². The number of fused-ring (bicyclic) bond motifs is 4. The summed E-state index contributed by atoms with van der Waals surface area (Å²) in [4.78, 5) is 0. The van der Waals surface area contributed by atoms with Gasteiger partial charge in [0.25, 0.3) is 0 Å². The van der Waals surface area contributed by atoms with Crippen molar-refractivity contribution in [2.45, 2.75) is 10.5 Å². The zero-order chi connectivity index (χ0) is 13.6. The highest BCUT2D eigenvalue weighted by Crippen LogP contribution is 2.61. The summed E-state index contributed by atoms with van der Waals surface area (Å²) in [6.45, 7) is 0. The molecule has 0 aromatic heterocycles. The first-order valence-corrected chi connectivity index (χ1v) is 8.38. The van der Waals surface area contributed by atoms with E-state index in [1.54, 1.807) is 5.56 Å². The Labute approximate surface area is 126 Å². The average molecular weight is 284 g/mol. The summed E-state index contributed by atoms with van der Waals surface area (Å²) >= 11 is 2.09. The molecule has 0 unspecified atom stereocenters. The van der Waals surface area contributed by atoms with Gasteiger partial charge in [-0.1, -0.05) is 54.6 Å². The van der Waals surface area contributed by atoms with Crippen LogP contribution in [0.3, 0.4) is 0 Å². The Morgan fingerprint density at radius 3 is 2.52 bits per heavy atom. The lowest BCUT2D eigenvalue weighted by molar-refractivity contribution is 1.11. The van der Waals surface area contributed by atoms with Crippen molar-refractivity contribution in [1.29, 1.82) is 0 Å². The van der Waals surface area contributed by atoms with E-state index in [4.69, 9.17) is 0 Å². The first-order chi connectivity index (χ1) is 10.4. The molecule has 98 valence electrons. The summed E-state index contributed by atoms with van der Waals surface area (Å²) in [5.41, 5.74) is 2.99. The van der Waals surface area contributed by atoms with Crippen molar-refractivity contribution in [3.05, 3.63) is 65.7 Å². The van der Waals surface area contributed by atoms with Crippen molar-refractivity contribution >= 4 is 50.2 Å². The normalized spacial score (nSPS) is 22.9. The van der Waals surface area contributed by atoms with E-state index in [0.717, 1.165) is 5.25 Å². The molecule has 1 saturated heterocycles. The molecule has 0 saturated carbocycles. The van der Waals surface area contributed by atoms with Crippen molar-refractivity contribution in [3.63, 3.8) is 0 Å². The number of rotatable bonds is 0. The first kappa shape index (κ1) is 10.7. The summed E-state index contributed by atoms with van der Waals surface area (Å²) in [7, 11) is 0. The van der Waals surface area contributed by atoms with Gasteiger partial charge in [0.2, 0.25) is 0 Å². The van der Waals surface area contributed by atoms with E-state index in [2.05, 4.69) is 72.4 Å². The van der Waals surface area contributed by atoms with Gasteiger partial charge >= 0.3 is 0 Å². The summed E-state index contributed by atoms with van der Waals surface area (Å²) in [6.07, 6.45) is 4.69. The quantitative estimate of drug-likeness (QED) is 0.292. The zero-order valence-electron chi connectivity index (χ0n) is 11.3. The monoisotopic (exact) mass is 284 g/mol. The van der Waals surface area contributed by atoms with E-state index in [1.807, 2.05) is 0 Å². The number of benzene rings is 4. The lowest BCUT2D eigenvalue weighted by Gasteiger charge is -2.17. The number of hydrogen-bond donors (Lipinski definition) is 0. The van der Waals surface area contributed by atoms with Crippen molar-refractivity contribution in [2.75, 3.05) is 0 Å². The third-order valence-electron chi connectivity index (χ3n) is 5.00. The Bertz CT molecular complexity index is 1060. The van der Waals surface area contributed by atoms with Gasteiger partial charge in [-0.3, -0.25) is 0 Å².